The first-order valence-electron chi connectivity index (χ1n) is 8.90. The van der Waals surface area contributed by atoms with E-state index in [0.29, 0.717) is 16.5 Å². The van der Waals surface area contributed by atoms with Crippen LogP contribution in [0.5, 0.6) is 0 Å². The minimum atomic E-state index is -4.49. The molecule has 2 heterocycles. The molecule has 4 aromatic rings. The van der Waals surface area contributed by atoms with Crippen LogP contribution >= 0.6 is 0 Å². The Balaban J connectivity index is 1.82. The lowest BCUT2D eigenvalue weighted by Gasteiger charge is -2.13. The van der Waals surface area contributed by atoms with Crippen molar-refractivity contribution in [3.8, 4) is 22.3 Å². The third-order valence-corrected chi connectivity index (χ3v) is 5.25. The van der Waals surface area contributed by atoms with E-state index < -0.39 is 22.8 Å². The number of halogens is 3. The topological polar surface area (TPSA) is 63.1 Å². The van der Waals surface area contributed by atoms with E-state index in [-0.39, 0.29) is 11.3 Å². The predicted molar refractivity (Wildman–Crippen MR) is 110 cm³/mol. The summed E-state index contributed by atoms with van der Waals surface area (Å²) >= 11 is -1.98. The molecular weight excluding hydrogens is 413 g/mol. The van der Waals surface area contributed by atoms with Gasteiger partial charge in [0.15, 0.2) is 11.1 Å². The second-order valence-electron chi connectivity index (χ2n) is 6.69. The number of para-hydroxylation sites is 1. The maximum absolute atomic E-state index is 13.4. The molecule has 0 radical (unpaired) electrons. The Morgan fingerprint density at radius 2 is 1.70 bits per heavy atom. The van der Waals surface area contributed by atoms with Gasteiger partial charge in [-0.2, -0.15) is 13.2 Å². The fraction of sp³-hybridized carbons (Fsp3) is 0.0909. The summed E-state index contributed by atoms with van der Waals surface area (Å²) in [6.07, 6.45) is 0.0377. The van der Waals surface area contributed by atoms with Crippen molar-refractivity contribution in [3.05, 3.63) is 84.3 Å². The van der Waals surface area contributed by atoms with Crippen molar-refractivity contribution >= 4 is 22.0 Å². The van der Waals surface area contributed by atoms with Crippen LogP contribution in [0.15, 0.2) is 73.2 Å². The summed E-state index contributed by atoms with van der Waals surface area (Å²) in [5, 5.41) is 0.409. The smallest absolute Gasteiger partial charge is 0.306 e. The van der Waals surface area contributed by atoms with E-state index in [9.17, 15) is 17.4 Å². The predicted octanol–water partition coefficient (Wildman–Crippen LogP) is 5.70. The zero-order valence-corrected chi connectivity index (χ0v) is 16.2. The largest absolute Gasteiger partial charge is 0.418 e. The third kappa shape index (κ3) is 4.10. The zero-order valence-electron chi connectivity index (χ0n) is 15.4. The van der Waals surface area contributed by atoms with Crippen LogP contribution in [0.25, 0.3) is 33.2 Å². The Morgan fingerprint density at radius 3 is 2.47 bits per heavy atom. The molecule has 4 nitrogen and oxygen atoms in total. The molecule has 2 aromatic heterocycles. The van der Waals surface area contributed by atoms with Gasteiger partial charge in [0, 0.05) is 29.5 Å². The van der Waals surface area contributed by atoms with Crippen LogP contribution in [0.4, 0.5) is 13.2 Å². The molecule has 30 heavy (non-hydrogen) atoms. The lowest BCUT2D eigenvalue weighted by atomic mass is 9.96. The van der Waals surface area contributed by atoms with Crippen molar-refractivity contribution in [2.45, 2.75) is 11.9 Å². The molecule has 2 aromatic carbocycles. The molecule has 152 valence electrons. The fourth-order valence-electron chi connectivity index (χ4n) is 3.39. The Bertz CT molecular complexity index is 1260. The summed E-state index contributed by atoms with van der Waals surface area (Å²) in [5.74, 6) is -0.0320. The van der Waals surface area contributed by atoms with Gasteiger partial charge in [-0.1, -0.05) is 30.3 Å². The number of pyridine rings is 2. The van der Waals surface area contributed by atoms with Crippen LogP contribution in [0.3, 0.4) is 0 Å². The van der Waals surface area contributed by atoms with Crippen molar-refractivity contribution in [1.29, 1.82) is 0 Å². The lowest BCUT2D eigenvalue weighted by molar-refractivity contribution is -0.136. The molecule has 1 atom stereocenters. The molecule has 0 amide bonds. The van der Waals surface area contributed by atoms with Gasteiger partial charge in [0.1, 0.15) is 0 Å². The fourth-order valence-corrected chi connectivity index (χ4v) is 3.83. The monoisotopic (exact) mass is 428 g/mol. The standard InChI is InChI=1S/C22H15F3N2O2S/c23-22(24,25)20-6-2-5-19-18(7-8-27-21(19)20)16-4-1-3-15(10-16)17-9-14(11-26-12-17)13-30(28)29/h1-12H,13H2,(H,28,29). The van der Waals surface area contributed by atoms with Gasteiger partial charge >= 0.3 is 6.18 Å². The maximum Gasteiger partial charge on any atom is 0.418 e. The van der Waals surface area contributed by atoms with E-state index in [0.717, 1.165) is 22.8 Å². The van der Waals surface area contributed by atoms with Gasteiger partial charge in [-0.05, 0) is 46.5 Å². The van der Waals surface area contributed by atoms with Crippen LogP contribution in [0.2, 0.25) is 0 Å². The van der Waals surface area contributed by atoms with Gasteiger partial charge in [-0.25, -0.2) is 4.21 Å². The molecule has 0 saturated heterocycles. The average molecular weight is 428 g/mol. The number of hydrogen-bond acceptors (Lipinski definition) is 3. The van der Waals surface area contributed by atoms with Crippen molar-refractivity contribution < 1.29 is 21.9 Å². The molecule has 0 bridgehead atoms. The highest BCUT2D eigenvalue weighted by molar-refractivity contribution is 7.78. The minimum Gasteiger partial charge on any atom is -0.306 e. The van der Waals surface area contributed by atoms with Gasteiger partial charge in [-0.3, -0.25) is 9.97 Å². The Hall–Kier alpha value is -3.10. The molecule has 0 saturated carbocycles. The second kappa shape index (κ2) is 7.97. The van der Waals surface area contributed by atoms with Crippen molar-refractivity contribution in [2.75, 3.05) is 0 Å². The molecule has 4 rings (SSSR count). The van der Waals surface area contributed by atoms with E-state index in [2.05, 4.69) is 9.97 Å². The van der Waals surface area contributed by atoms with E-state index in [1.165, 1.54) is 18.5 Å². The van der Waals surface area contributed by atoms with E-state index in [4.69, 9.17) is 4.55 Å². The number of aromatic nitrogens is 2. The van der Waals surface area contributed by atoms with E-state index in [1.54, 1.807) is 30.5 Å². The van der Waals surface area contributed by atoms with Crippen LogP contribution in [-0.2, 0) is 23.0 Å². The summed E-state index contributed by atoms with van der Waals surface area (Å²) in [5.41, 5.74) is 2.65. The third-order valence-electron chi connectivity index (χ3n) is 4.67. The quantitative estimate of drug-likeness (QED) is 0.423. The van der Waals surface area contributed by atoms with Crippen molar-refractivity contribution in [1.82, 2.24) is 9.97 Å². The van der Waals surface area contributed by atoms with Gasteiger partial charge in [-0.15, -0.1) is 0 Å². The normalized spacial score (nSPS) is 12.8. The first-order chi connectivity index (χ1) is 14.3. The van der Waals surface area contributed by atoms with Crippen LogP contribution in [-0.4, -0.2) is 18.7 Å². The molecule has 1 N–H and O–H groups in total. The Kier molecular flexibility index (Phi) is 5.36. The van der Waals surface area contributed by atoms with Crippen LogP contribution in [0, 0.1) is 0 Å². The van der Waals surface area contributed by atoms with Crippen molar-refractivity contribution in [2.24, 2.45) is 0 Å². The molecule has 8 heteroatoms. The summed E-state index contributed by atoms with van der Waals surface area (Å²) in [6.45, 7) is 0. The highest BCUT2D eigenvalue weighted by atomic mass is 32.2. The minimum absolute atomic E-state index is 0.0320. The maximum atomic E-state index is 13.4. The van der Waals surface area contributed by atoms with E-state index in [1.807, 2.05) is 18.2 Å². The lowest BCUT2D eigenvalue weighted by Crippen LogP contribution is -2.06. The second-order valence-corrected chi connectivity index (χ2v) is 7.62. The van der Waals surface area contributed by atoms with Gasteiger partial charge in [0.2, 0.25) is 0 Å². The zero-order chi connectivity index (χ0) is 21.3. The number of alkyl halides is 3. The molecule has 0 aliphatic rings. The Labute approximate surface area is 172 Å². The molecule has 0 fully saturated rings. The highest BCUT2D eigenvalue weighted by Gasteiger charge is 2.33. The average Bonchev–Trinajstić information content (AvgIpc) is 2.72. The van der Waals surface area contributed by atoms with Gasteiger partial charge < -0.3 is 4.55 Å². The summed E-state index contributed by atoms with van der Waals surface area (Å²) in [6, 6.07) is 14.8. The summed E-state index contributed by atoms with van der Waals surface area (Å²) < 4.78 is 60.3. The molecule has 1 unspecified atom stereocenters. The van der Waals surface area contributed by atoms with Crippen LogP contribution < -0.4 is 0 Å². The SMILES string of the molecule is O=S(O)Cc1cncc(-c2cccc(-c3ccnc4c(C(F)(F)F)cccc34)c2)c1. The number of rotatable bonds is 4. The number of fused-ring (bicyclic) bond motifs is 1. The van der Waals surface area contributed by atoms with Crippen molar-refractivity contribution in [3.63, 3.8) is 0 Å². The molecular formula is C22H15F3N2O2S. The van der Waals surface area contributed by atoms with Crippen LogP contribution in [0.1, 0.15) is 11.1 Å². The number of nitrogens with zero attached hydrogens (tertiary/aromatic N) is 2. The van der Waals surface area contributed by atoms with Gasteiger partial charge in [0.25, 0.3) is 0 Å². The van der Waals surface area contributed by atoms with Gasteiger partial charge in [0.05, 0.1) is 16.8 Å². The summed E-state index contributed by atoms with van der Waals surface area (Å²) in [7, 11) is 0. The highest BCUT2D eigenvalue weighted by Crippen LogP contribution is 2.37. The first-order valence-corrected chi connectivity index (χ1v) is 10.2. The van der Waals surface area contributed by atoms with E-state index >= 15 is 0 Å². The number of hydrogen-bond donors (Lipinski definition) is 1. The first kappa shape index (κ1) is 20.2. The summed E-state index contributed by atoms with van der Waals surface area (Å²) in [4.78, 5) is 8.10. The molecule has 0 spiro atoms. The Morgan fingerprint density at radius 1 is 0.933 bits per heavy atom. The number of benzene rings is 2. The molecule has 0 aliphatic carbocycles. The molecule has 0 aliphatic heterocycles.